The molecule has 84 valence electrons. The molecule has 0 aromatic heterocycles. The number of rotatable bonds is 3. The number of hydrogen-bond donors (Lipinski definition) is 1. The Balaban J connectivity index is 2.42. The number of aldehydes is 1. The molecule has 3 heteroatoms. The molecule has 0 heterocycles. The van der Waals surface area contributed by atoms with Gasteiger partial charge in [-0.25, -0.2) is 0 Å². The van der Waals surface area contributed by atoms with Crippen LogP contribution in [0.25, 0.3) is 0 Å². The van der Waals surface area contributed by atoms with Crippen molar-refractivity contribution in [1.82, 2.24) is 0 Å². The highest BCUT2D eigenvalue weighted by Crippen LogP contribution is 2.15. The molecular formula is C14H11NO2. The van der Waals surface area contributed by atoms with Crippen LogP contribution in [0.2, 0.25) is 0 Å². The molecule has 0 aliphatic carbocycles. The highest BCUT2D eigenvalue weighted by Gasteiger charge is 2.10. The molecule has 2 aromatic carbocycles. The summed E-state index contributed by atoms with van der Waals surface area (Å²) in [6.45, 7) is 0. The van der Waals surface area contributed by atoms with Crippen molar-refractivity contribution in [2.24, 2.45) is 0 Å². The molecule has 0 spiro atoms. The van der Waals surface area contributed by atoms with Crippen LogP contribution in [-0.4, -0.2) is 12.1 Å². The molecule has 2 N–H and O–H groups in total. The van der Waals surface area contributed by atoms with Crippen LogP contribution in [0.1, 0.15) is 26.3 Å². The van der Waals surface area contributed by atoms with Crippen molar-refractivity contribution in [3.63, 3.8) is 0 Å². The zero-order valence-corrected chi connectivity index (χ0v) is 9.09. The van der Waals surface area contributed by atoms with E-state index in [4.69, 9.17) is 5.73 Å². The fourth-order valence-corrected chi connectivity index (χ4v) is 1.57. The van der Waals surface area contributed by atoms with Crippen LogP contribution in [-0.2, 0) is 0 Å². The third-order valence-electron chi connectivity index (χ3n) is 2.51. The van der Waals surface area contributed by atoms with Crippen molar-refractivity contribution in [2.75, 3.05) is 5.73 Å². The molecule has 0 atom stereocenters. The van der Waals surface area contributed by atoms with Crippen LogP contribution >= 0.6 is 0 Å². The zero-order chi connectivity index (χ0) is 12.3. The lowest BCUT2D eigenvalue weighted by atomic mass is 10.0. The monoisotopic (exact) mass is 225 g/mol. The van der Waals surface area contributed by atoms with E-state index in [-0.39, 0.29) is 5.78 Å². The van der Waals surface area contributed by atoms with Crippen molar-refractivity contribution in [1.29, 1.82) is 0 Å². The third kappa shape index (κ3) is 2.23. The van der Waals surface area contributed by atoms with E-state index in [0.29, 0.717) is 28.7 Å². The Labute approximate surface area is 98.9 Å². The third-order valence-corrected chi connectivity index (χ3v) is 2.51. The number of anilines is 1. The van der Waals surface area contributed by atoms with Crippen molar-refractivity contribution in [3.8, 4) is 0 Å². The maximum atomic E-state index is 12.1. The number of carbonyl (C=O) groups excluding carboxylic acids is 2. The molecule has 0 radical (unpaired) electrons. The molecule has 17 heavy (non-hydrogen) atoms. The molecule has 0 aliphatic rings. The summed E-state index contributed by atoms with van der Waals surface area (Å²) < 4.78 is 0. The van der Waals surface area contributed by atoms with Gasteiger partial charge in [-0.15, -0.1) is 0 Å². The van der Waals surface area contributed by atoms with E-state index in [1.807, 2.05) is 6.07 Å². The molecule has 0 saturated heterocycles. The Morgan fingerprint density at radius 1 is 1.00 bits per heavy atom. The van der Waals surface area contributed by atoms with Gasteiger partial charge in [0.1, 0.15) is 0 Å². The molecule has 0 aliphatic heterocycles. The van der Waals surface area contributed by atoms with Crippen LogP contribution in [0.3, 0.4) is 0 Å². The summed E-state index contributed by atoms with van der Waals surface area (Å²) in [6, 6.07) is 13.6. The lowest BCUT2D eigenvalue weighted by Crippen LogP contribution is -2.03. The van der Waals surface area contributed by atoms with Crippen LogP contribution in [0.5, 0.6) is 0 Å². The Morgan fingerprint density at radius 3 is 2.35 bits per heavy atom. The topological polar surface area (TPSA) is 60.2 Å². The van der Waals surface area contributed by atoms with Gasteiger partial charge in [-0.3, -0.25) is 9.59 Å². The average Bonchev–Trinajstić information content (AvgIpc) is 2.39. The molecule has 2 aromatic rings. The summed E-state index contributed by atoms with van der Waals surface area (Å²) in [5.41, 5.74) is 7.37. The summed E-state index contributed by atoms with van der Waals surface area (Å²) in [6.07, 6.45) is 0.650. The van der Waals surface area contributed by atoms with E-state index in [2.05, 4.69) is 0 Å². The van der Waals surface area contributed by atoms with Gasteiger partial charge in [0.2, 0.25) is 0 Å². The first-order valence-corrected chi connectivity index (χ1v) is 5.17. The van der Waals surface area contributed by atoms with Gasteiger partial charge in [0, 0.05) is 22.4 Å². The summed E-state index contributed by atoms with van der Waals surface area (Å²) in [5.74, 6) is -0.117. The summed E-state index contributed by atoms with van der Waals surface area (Å²) in [4.78, 5) is 22.8. The molecule has 0 unspecified atom stereocenters. The molecule has 0 fully saturated rings. The largest absolute Gasteiger partial charge is 0.398 e. The summed E-state index contributed by atoms with van der Waals surface area (Å²) in [5, 5.41) is 0. The second-order valence-electron chi connectivity index (χ2n) is 3.66. The van der Waals surface area contributed by atoms with Crippen molar-refractivity contribution < 1.29 is 9.59 Å². The first kappa shape index (κ1) is 11.1. The fraction of sp³-hybridized carbons (Fsp3) is 0. The zero-order valence-electron chi connectivity index (χ0n) is 9.09. The molecule has 2 rings (SSSR count). The number of nitrogens with two attached hydrogens (primary N) is 1. The Morgan fingerprint density at radius 2 is 1.71 bits per heavy atom. The van der Waals surface area contributed by atoms with Gasteiger partial charge >= 0.3 is 0 Å². The average molecular weight is 225 g/mol. The van der Waals surface area contributed by atoms with Gasteiger partial charge in [0.25, 0.3) is 0 Å². The number of nitrogen functional groups attached to an aromatic ring is 1. The van der Waals surface area contributed by atoms with Crippen LogP contribution in [0, 0.1) is 0 Å². The lowest BCUT2D eigenvalue weighted by molar-refractivity contribution is 0.103. The van der Waals surface area contributed by atoms with E-state index >= 15 is 0 Å². The molecular weight excluding hydrogens is 214 g/mol. The number of hydrogen-bond acceptors (Lipinski definition) is 3. The van der Waals surface area contributed by atoms with Gasteiger partial charge in [-0.05, 0) is 18.2 Å². The Kier molecular flexibility index (Phi) is 3.01. The van der Waals surface area contributed by atoms with E-state index in [0.717, 1.165) is 0 Å². The summed E-state index contributed by atoms with van der Waals surface area (Å²) >= 11 is 0. The number of ketones is 1. The Bertz CT molecular complexity index is 562. The maximum absolute atomic E-state index is 12.1. The quantitative estimate of drug-likeness (QED) is 0.495. The van der Waals surface area contributed by atoms with Gasteiger partial charge in [0.05, 0.1) is 0 Å². The molecule has 0 amide bonds. The lowest BCUT2D eigenvalue weighted by Gasteiger charge is -2.03. The van der Waals surface area contributed by atoms with Crippen molar-refractivity contribution in [2.45, 2.75) is 0 Å². The minimum absolute atomic E-state index is 0.117. The first-order valence-electron chi connectivity index (χ1n) is 5.17. The smallest absolute Gasteiger partial charge is 0.193 e. The fourth-order valence-electron chi connectivity index (χ4n) is 1.57. The van der Waals surface area contributed by atoms with E-state index in [1.54, 1.807) is 36.4 Å². The minimum atomic E-state index is -0.117. The molecule has 3 nitrogen and oxygen atoms in total. The second-order valence-corrected chi connectivity index (χ2v) is 3.66. The predicted molar refractivity (Wildman–Crippen MR) is 66.1 cm³/mol. The van der Waals surface area contributed by atoms with Gasteiger partial charge < -0.3 is 5.73 Å². The maximum Gasteiger partial charge on any atom is 0.193 e. The SMILES string of the molecule is Nc1ccc(C(=O)c2ccccc2)cc1C=O. The van der Waals surface area contributed by atoms with Crippen LogP contribution in [0.4, 0.5) is 5.69 Å². The second kappa shape index (κ2) is 4.61. The van der Waals surface area contributed by atoms with Crippen LogP contribution in [0.15, 0.2) is 48.5 Å². The van der Waals surface area contributed by atoms with Crippen molar-refractivity contribution >= 4 is 17.8 Å². The predicted octanol–water partition coefficient (Wildman–Crippen LogP) is 2.31. The Hall–Kier alpha value is -2.42. The van der Waals surface area contributed by atoms with E-state index in [9.17, 15) is 9.59 Å². The number of benzene rings is 2. The molecule has 0 bridgehead atoms. The van der Waals surface area contributed by atoms with Crippen LogP contribution < -0.4 is 5.73 Å². The molecule has 0 saturated carbocycles. The highest BCUT2D eigenvalue weighted by atomic mass is 16.1. The minimum Gasteiger partial charge on any atom is -0.398 e. The normalized spacial score (nSPS) is 9.88. The standard InChI is InChI=1S/C14H11NO2/c15-13-7-6-11(8-12(13)9-16)14(17)10-4-2-1-3-5-10/h1-9H,15H2. The highest BCUT2D eigenvalue weighted by molar-refractivity contribution is 6.10. The van der Waals surface area contributed by atoms with E-state index < -0.39 is 0 Å². The number of carbonyl (C=O) groups is 2. The van der Waals surface area contributed by atoms with Gasteiger partial charge in [-0.2, -0.15) is 0 Å². The van der Waals surface area contributed by atoms with Gasteiger partial charge in [-0.1, -0.05) is 30.3 Å². The van der Waals surface area contributed by atoms with Gasteiger partial charge in [0.15, 0.2) is 12.1 Å². The first-order chi connectivity index (χ1) is 8.22. The van der Waals surface area contributed by atoms with Crippen molar-refractivity contribution in [3.05, 3.63) is 65.2 Å². The summed E-state index contributed by atoms with van der Waals surface area (Å²) in [7, 11) is 0. The van der Waals surface area contributed by atoms with E-state index in [1.165, 1.54) is 6.07 Å².